The fourth-order valence-corrected chi connectivity index (χ4v) is 1.17. The predicted molar refractivity (Wildman–Crippen MR) is 48.2 cm³/mol. The van der Waals surface area contributed by atoms with Gasteiger partial charge in [-0.05, 0) is 12.1 Å². The Hall–Kier alpha value is -1.71. The molecule has 4 nitrogen and oxygen atoms in total. The van der Waals surface area contributed by atoms with Gasteiger partial charge in [-0.25, -0.2) is 0 Å². The molecule has 0 saturated heterocycles. The van der Waals surface area contributed by atoms with Crippen molar-refractivity contribution >= 4 is 17.3 Å². The van der Waals surface area contributed by atoms with Gasteiger partial charge in [0.15, 0.2) is 0 Å². The number of fused-ring (bicyclic) bond motifs is 1. The van der Waals surface area contributed by atoms with Crippen LogP contribution >= 0.6 is 0 Å². The Morgan fingerprint density at radius 2 is 1.85 bits per heavy atom. The molecular formula is C9H9N3O. The smallest absolute Gasteiger partial charge is 0.121 e. The maximum Gasteiger partial charge on any atom is 0.121 e. The van der Waals surface area contributed by atoms with Crippen molar-refractivity contribution in [2.45, 2.75) is 13.0 Å². The number of aromatic nitrogens is 3. The van der Waals surface area contributed by atoms with Crippen LogP contribution in [0.15, 0.2) is 24.3 Å². The van der Waals surface area contributed by atoms with Gasteiger partial charge in [0.05, 0.1) is 6.54 Å². The van der Waals surface area contributed by atoms with Crippen molar-refractivity contribution in [3.63, 3.8) is 0 Å². The van der Waals surface area contributed by atoms with Crippen molar-refractivity contribution in [2.75, 3.05) is 0 Å². The van der Waals surface area contributed by atoms with E-state index in [0.29, 0.717) is 13.0 Å². The highest BCUT2D eigenvalue weighted by atomic mass is 16.1. The second-order valence-electron chi connectivity index (χ2n) is 2.74. The fraction of sp³-hybridized carbons (Fsp3) is 0.222. The van der Waals surface area contributed by atoms with Crippen molar-refractivity contribution in [2.24, 2.45) is 0 Å². The Kier molecular flexibility index (Phi) is 2.04. The average molecular weight is 175 g/mol. The molecule has 0 spiro atoms. The molecule has 2 aromatic rings. The first-order valence-electron chi connectivity index (χ1n) is 4.13. The van der Waals surface area contributed by atoms with Gasteiger partial charge in [0.25, 0.3) is 0 Å². The molecule has 0 bridgehead atoms. The van der Waals surface area contributed by atoms with Gasteiger partial charge in [-0.3, -0.25) is 0 Å². The normalized spacial score (nSPS) is 10.5. The molecule has 1 heterocycles. The Bertz CT molecular complexity index is 388. The maximum atomic E-state index is 10.1. The first-order valence-corrected chi connectivity index (χ1v) is 4.13. The molecule has 0 N–H and O–H groups in total. The molecule has 0 saturated carbocycles. The van der Waals surface area contributed by atoms with Gasteiger partial charge in [0, 0.05) is 6.42 Å². The number of carbonyl (C=O) groups is 1. The first kappa shape index (κ1) is 7.91. The van der Waals surface area contributed by atoms with Crippen molar-refractivity contribution < 1.29 is 4.79 Å². The number of aldehydes is 1. The van der Waals surface area contributed by atoms with Gasteiger partial charge in [-0.2, -0.15) is 15.0 Å². The molecule has 66 valence electrons. The summed E-state index contributed by atoms with van der Waals surface area (Å²) in [5, 5.41) is 8.39. The van der Waals surface area contributed by atoms with Crippen LogP contribution in [0.4, 0.5) is 0 Å². The summed E-state index contributed by atoms with van der Waals surface area (Å²) in [6, 6.07) is 7.64. The number of carbonyl (C=O) groups excluding carboxylic acids is 1. The molecule has 13 heavy (non-hydrogen) atoms. The highest BCUT2D eigenvalue weighted by molar-refractivity contribution is 5.72. The lowest BCUT2D eigenvalue weighted by Crippen LogP contribution is -2.02. The zero-order chi connectivity index (χ0) is 9.10. The van der Waals surface area contributed by atoms with Crippen molar-refractivity contribution in [3.05, 3.63) is 24.3 Å². The molecule has 0 unspecified atom stereocenters. The molecule has 1 aromatic heterocycles. The van der Waals surface area contributed by atoms with Crippen LogP contribution in [-0.4, -0.2) is 21.3 Å². The van der Waals surface area contributed by atoms with Crippen molar-refractivity contribution in [3.8, 4) is 0 Å². The maximum absolute atomic E-state index is 10.1. The van der Waals surface area contributed by atoms with Crippen molar-refractivity contribution in [1.82, 2.24) is 15.0 Å². The molecule has 1 aromatic carbocycles. The number of hydrogen-bond acceptors (Lipinski definition) is 3. The summed E-state index contributed by atoms with van der Waals surface area (Å²) < 4.78 is 0. The van der Waals surface area contributed by atoms with E-state index in [-0.39, 0.29) is 0 Å². The fourth-order valence-electron chi connectivity index (χ4n) is 1.17. The molecule has 0 amide bonds. The Labute approximate surface area is 75.2 Å². The largest absolute Gasteiger partial charge is 0.303 e. The van der Waals surface area contributed by atoms with E-state index in [0.717, 1.165) is 17.3 Å². The predicted octanol–water partition coefficient (Wildman–Crippen LogP) is 1.02. The second kappa shape index (κ2) is 3.35. The lowest BCUT2D eigenvalue weighted by molar-refractivity contribution is -0.108. The van der Waals surface area contributed by atoms with Crippen LogP contribution in [0, 0.1) is 0 Å². The summed E-state index contributed by atoms with van der Waals surface area (Å²) in [5.74, 6) is 0. The molecular weight excluding hydrogens is 166 g/mol. The molecule has 2 rings (SSSR count). The van der Waals surface area contributed by atoms with E-state index in [9.17, 15) is 4.79 Å². The number of nitrogens with zero attached hydrogens (tertiary/aromatic N) is 3. The zero-order valence-electron chi connectivity index (χ0n) is 7.05. The van der Waals surface area contributed by atoms with E-state index < -0.39 is 0 Å². The number of hydrogen-bond donors (Lipinski definition) is 0. The van der Waals surface area contributed by atoms with Gasteiger partial charge in [-0.1, -0.05) is 12.1 Å². The Morgan fingerprint density at radius 3 is 2.38 bits per heavy atom. The minimum atomic E-state index is 0.459. The summed E-state index contributed by atoms with van der Waals surface area (Å²) in [4.78, 5) is 11.7. The number of benzene rings is 1. The van der Waals surface area contributed by atoms with Gasteiger partial charge in [-0.15, -0.1) is 0 Å². The third-order valence-electron chi connectivity index (χ3n) is 1.78. The highest BCUT2D eigenvalue weighted by Crippen LogP contribution is 2.06. The van der Waals surface area contributed by atoms with Crippen LogP contribution in [0.1, 0.15) is 6.42 Å². The lowest BCUT2D eigenvalue weighted by atomic mass is 10.3. The van der Waals surface area contributed by atoms with Crippen LogP contribution < -0.4 is 0 Å². The highest BCUT2D eigenvalue weighted by Gasteiger charge is 1.99. The van der Waals surface area contributed by atoms with Gasteiger partial charge >= 0.3 is 0 Å². The van der Waals surface area contributed by atoms with E-state index >= 15 is 0 Å². The Balaban J connectivity index is 2.32. The molecule has 4 heteroatoms. The van der Waals surface area contributed by atoms with Crippen LogP contribution in [0.5, 0.6) is 0 Å². The van der Waals surface area contributed by atoms with Crippen LogP contribution in [0.2, 0.25) is 0 Å². The van der Waals surface area contributed by atoms with Crippen molar-refractivity contribution in [1.29, 1.82) is 0 Å². The number of aryl methyl sites for hydroxylation is 1. The SMILES string of the molecule is O=CCCn1nc2ccccc2n1. The molecule has 0 atom stereocenters. The van der Waals surface area contributed by atoms with E-state index in [1.54, 1.807) is 4.80 Å². The summed E-state index contributed by atoms with van der Waals surface area (Å²) in [7, 11) is 0. The summed E-state index contributed by atoms with van der Waals surface area (Å²) in [5.41, 5.74) is 1.74. The van der Waals surface area contributed by atoms with E-state index in [4.69, 9.17) is 0 Å². The van der Waals surface area contributed by atoms with E-state index in [1.807, 2.05) is 24.3 Å². The summed E-state index contributed by atoms with van der Waals surface area (Å²) >= 11 is 0. The zero-order valence-corrected chi connectivity index (χ0v) is 7.05. The quantitative estimate of drug-likeness (QED) is 0.654. The minimum absolute atomic E-state index is 0.459. The Morgan fingerprint density at radius 1 is 1.23 bits per heavy atom. The molecule has 0 aliphatic heterocycles. The summed E-state index contributed by atoms with van der Waals surface area (Å²) in [6.07, 6.45) is 1.33. The monoisotopic (exact) mass is 175 g/mol. The third kappa shape index (κ3) is 1.56. The topological polar surface area (TPSA) is 47.8 Å². The lowest BCUT2D eigenvalue weighted by Gasteiger charge is -1.90. The minimum Gasteiger partial charge on any atom is -0.303 e. The van der Waals surface area contributed by atoms with E-state index in [2.05, 4.69) is 10.2 Å². The van der Waals surface area contributed by atoms with Gasteiger partial charge < -0.3 is 4.79 Å². The standard InChI is InChI=1S/C9H9N3O/c13-7-3-6-12-10-8-4-1-2-5-9(8)11-12/h1-2,4-5,7H,3,6H2. The average Bonchev–Trinajstić information content (AvgIpc) is 2.57. The molecule has 0 aliphatic rings. The van der Waals surface area contributed by atoms with E-state index in [1.165, 1.54) is 0 Å². The van der Waals surface area contributed by atoms with Crippen LogP contribution in [0.25, 0.3) is 11.0 Å². The summed E-state index contributed by atoms with van der Waals surface area (Å²) in [6.45, 7) is 0.554. The van der Waals surface area contributed by atoms with Crippen LogP contribution in [-0.2, 0) is 11.3 Å². The van der Waals surface area contributed by atoms with Gasteiger partial charge in [0.1, 0.15) is 17.3 Å². The number of rotatable bonds is 3. The molecule has 0 aliphatic carbocycles. The third-order valence-corrected chi connectivity index (χ3v) is 1.78. The molecule has 0 fully saturated rings. The van der Waals surface area contributed by atoms with Crippen LogP contribution in [0.3, 0.4) is 0 Å². The molecule has 0 radical (unpaired) electrons. The second-order valence-corrected chi connectivity index (χ2v) is 2.74. The van der Waals surface area contributed by atoms with Gasteiger partial charge in [0.2, 0.25) is 0 Å². The first-order chi connectivity index (χ1) is 6.40.